The van der Waals surface area contributed by atoms with Crippen LogP contribution in [0.3, 0.4) is 0 Å². The van der Waals surface area contributed by atoms with E-state index in [-0.39, 0.29) is 25.2 Å². The molecule has 0 bridgehead atoms. The molecule has 0 saturated carbocycles. The van der Waals surface area contributed by atoms with E-state index in [0.717, 1.165) is 38.5 Å². The highest BCUT2D eigenvalue weighted by molar-refractivity contribution is 5.70. The Labute approximate surface area is 248 Å². The van der Waals surface area contributed by atoms with Crippen LogP contribution in [0, 0.1) is 0 Å². The van der Waals surface area contributed by atoms with Gasteiger partial charge in [-0.05, 0) is 38.5 Å². The highest BCUT2D eigenvalue weighted by Crippen LogP contribution is 2.13. The maximum absolute atomic E-state index is 12.1. The van der Waals surface area contributed by atoms with Gasteiger partial charge >= 0.3 is 11.9 Å². The molecule has 40 heavy (non-hydrogen) atoms. The molecule has 0 aromatic rings. The molecule has 1 atom stereocenters. The predicted octanol–water partition coefficient (Wildman–Crippen LogP) is 10.2. The molecule has 0 aromatic carbocycles. The molecule has 0 aliphatic carbocycles. The third-order valence-electron chi connectivity index (χ3n) is 7.56. The Morgan fingerprint density at radius 3 is 1.35 bits per heavy atom. The lowest BCUT2D eigenvalue weighted by atomic mass is 10.1. The van der Waals surface area contributed by atoms with Crippen molar-refractivity contribution in [2.75, 3.05) is 13.2 Å². The molecule has 0 amide bonds. The molecule has 0 aliphatic rings. The molecule has 5 heteroatoms. The second kappa shape index (κ2) is 32.2. The lowest BCUT2D eigenvalue weighted by Crippen LogP contribution is -2.28. The number of hydrogen-bond acceptors (Lipinski definition) is 5. The predicted molar refractivity (Wildman–Crippen MR) is 168 cm³/mol. The highest BCUT2D eigenvalue weighted by atomic mass is 16.6. The maximum atomic E-state index is 12.1. The Morgan fingerprint density at radius 1 is 0.550 bits per heavy atom. The van der Waals surface area contributed by atoms with Gasteiger partial charge in [-0.3, -0.25) is 9.59 Å². The smallest absolute Gasteiger partial charge is 0.306 e. The van der Waals surface area contributed by atoms with Gasteiger partial charge in [0.25, 0.3) is 0 Å². The number of rotatable bonds is 31. The van der Waals surface area contributed by atoms with E-state index < -0.39 is 6.10 Å². The summed E-state index contributed by atoms with van der Waals surface area (Å²) in [7, 11) is 0. The van der Waals surface area contributed by atoms with Crippen molar-refractivity contribution in [1.29, 1.82) is 0 Å². The molecular weight excluding hydrogens is 500 g/mol. The van der Waals surface area contributed by atoms with Gasteiger partial charge in [0.2, 0.25) is 0 Å². The zero-order valence-corrected chi connectivity index (χ0v) is 26.6. The van der Waals surface area contributed by atoms with Gasteiger partial charge in [0.05, 0.1) is 6.61 Å². The molecule has 0 heterocycles. The Kier molecular flexibility index (Phi) is 31.1. The molecule has 1 N–H and O–H groups in total. The van der Waals surface area contributed by atoms with Crippen LogP contribution in [0.5, 0.6) is 0 Å². The number of carbonyl (C=O) groups excluding carboxylic acids is 2. The summed E-state index contributed by atoms with van der Waals surface area (Å²) >= 11 is 0. The SMILES string of the molecule is CCCCCCCC/C=C/CCCCCCCCCC(=O)O[C@@H](CO)COC(=O)CCCCCCCCCCC. The van der Waals surface area contributed by atoms with Crippen molar-refractivity contribution in [3.05, 3.63) is 12.2 Å². The Morgan fingerprint density at radius 2 is 0.925 bits per heavy atom. The van der Waals surface area contributed by atoms with Crippen molar-refractivity contribution in [3.63, 3.8) is 0 Å². The summed E-state index contributed by atoms with van der Waals surface area (Å²) in [5, 5.41) is 9.49. The van der Waals surface area contributed by atoms with Crippen molar-refractivity contribution in [2.24, 2.45) is 0 Å². The molecule has 0 spiro atoms. The summed E-state index contributed by atoms with van der Waals surface area (Å²) in [5.41, 5.74) is 0. The second-order valence-corrected chi connectivity index (χ2v) is 11.6. The van der Waals surface area contributed by atoms with Crippen LogP contribution in [0.1, 0.15) is 181 Å². The van der Waals surface area contributed by atoms with Crippen LogP contribution in [0.15, 0.2) is 12.2 Å². The lowest BCUT2D eigenvalue weighted by molar-refractivity contribution is -0.161. The first-order valence-electron chi connectivity index (χ1n) is 17.2. The number of ether oxygens (including phenoxy) is 2. The molecule has 0 aromatic heterocycles. The van der Waals surface area contributed by atoms with Gasteiger partial charge in [-0.2, -0.15) is 0 Å². The first kappa shape index (κ1) is 38.6. The number of hydrogen-bond donors (Lipinski definition) is 1. The van der Waals surface area contributed by atoms with Crippen molar-refractivity contribution >= 4 is 11.9 Å². The lowest BCUT2D eigenvalue weighted by Gasteiger charge is -2.15. The number of aliphatic hydroxyl groups is 1. The molecule has 5 nitrogen and oxygen atoms in total. The van der Waals surface area contributed by atoms with Gasteiger partial charge in [0, 0.05) is 12.8 Å². The Bertz CT molecular complexity index is 574. The van der Waals surface area contributed by atoms with Gasteiger partial charge in [0.1, 0.15) is 6.61 Å². The van der Waals surface area contributed by atoms with E-state index in [1.807, 2.05) is 0 Å². The van der Waals surface area contributed by atoms with E-state index in [1.54, 1.807) is 0 Å². The molecule has 0 fully saturated rings. The van der Waals surface area contributed by atoms with Crippen molar-refractivity contribution in [3.8, 4) is 0 Å². The first-order chi connectivity index (χ1) is 19.6. The van der Waals surface area contributed by atoms with E-state index in [1.165, 1.54) is 116 Å². The third-order valence-corrected chi connectivity index (χ3v) is 7.56. The van der Waals surface area contributed by atoms with E-state index >= 15 is 0 Å². The summed E-state index contributed by atoms with van der Waals surface area (Å²) in [5.74, 6) is -0.594. The van der Waals surface area contributed by atoms with E-state index in [4.69, 9.17) is 9.47 Å². The monoisotopic (exact) mass is 566 g/mol. The highest BCUT2D eigenvalue weighted by Gasteiger charge is 2.16. The Balaban J connectivity index is 3.55. The summed E-state index contributed by atoms with van der Waals surface area (Å²) in [6.07, 6.45) is 34.1. The van der Waals surface area contributed by atoms with Gasteiger partial charge in [-0.15, -0.1) is 0 Å². The minimum absolute atomic E-state index is 0.0628. The number of aliphatic hydroxyl groups excluding tert-OH is 1. The average Bonchev–Trinajstić information content (AvgIpc) is 2.96. The maximum Gasteiger partial charge on any atom is 0.306 e. The average molecular weight is 567 g/mol. The zero-order chi connectivity index (χ0) is 29.4. The van der Waals surface area contributed by atoms with Gasteiger partial charge in [-0.25, -0.2) is 0 Å². The summed E-state index contributed by atoms with van der Waals surface area (Å²) in [6.45, 7) is 4.10. The first-order valence-corrected chi connectivity index (χ1v) is 17.2. The van der Waals surface area contributed by atoms with Crippen molar-refractivity contribution in [1.82, 2.24) is 0 Å². The standard InChI is InChI=1S/C35H66O5/c1-3-5-7-9-11-13-14-15-16-17-18-19-20-22-24-26-28-30-35(38)40-33(31-36)32-39-34(37)29-27-25-23-21-12-10-8-6-4-2/h15-16,33,36H,3-14,17-32H2,1-2H3/b16-15+/t33-/m0/s1. The topological polar surface area (TPSA) is 72.8 Å². The van der Waals surface area contributed by atoms with E-state index in [2.05, 4.69) is 26.0 Å². The zero-order valence-electron chi connectivity index (χ0n) is 26.6. The van der Waals surface area contributed by atoms with Gasteiger partial charge in [-0.1, -0.05) is 142 Å². The van der Waals surface area contributed by atoms with E-state index in [0.29, 0.717) is 12.8 Å². The summed E-state index contributed by atoms with van der Waals surface area (Å²) < 4.78 is 10.5. The van der Waals surface area contributed by atoms with Crippen LogP contribution in [0.25, 0.3) is 0 Å². The van der Waals surface area contributed by atoms with Gasteiger partial charge in [0.15, 0.2) is 6.10 Å². The van der Waals surface area contributed by atoms with Gasteiger partial charge < -0.3 is 14.6 Å². The molecule has 0 aliphatic heterocycles. The third kappa shape index (κ3) is 29.6. The number of allylic oxidation sites excluding steroid dienone is 2. The minimum atomic E-state index is -0.764. The van der Waals surface area contributed by atoms with Crippen LogP contribution in [-0.2, 0) is 19.1 Å². The summed E-state index contributed by atoms with van der Waals surface area (Å²) in [6, 6.07) is 0. The fourth-order valence-corrected chi connectivity index (χ4v) is 4.90. The number of esters is 2. The molecule has 236 valence electrons. The Hall–Kier alpha value is -1.36. The fraction of sp³-hybridized carbons (Fsp3) is 0.886. The molecule has 0 radical (unpaired) electrons. The van der Waals surface area contributed by atoms with Crippen molar-refractivity contribution in [2.45, 2.75) is 187 Å². The number of unbranched alkanes of at least 4 members (excludes halogenated alkanes) is 21. The summed E-state index contributed by atoms with van der Waals surface area (Å²) in [4.78, 5) is 24.0. The van der Waals surface area contributed by atoms with Crippen LogP contribution in [0.4, 0.5) is 0 Å². The quantitative estimate of drug-likeness (QED) is 0.0513. The van der Waals surface area contributed by atoms with Crippen LogP contribution < -0.4 is 0 Å². The van der Waals surface area contributed by atoms with E-state index in [9.17, 15) is 14.7 Å². The molecular formula is C35H66O5. The molecule has 0 saturated heterocycles. The van der Waals surface area contributed by atoms with Crippen LogP contribution in [0.2, 0.25) is 0 Å². The fourth-order valence-electron chi connectivity index (χ4n) is 4.90. The second-order valence-electron chi connectivity index (χ2n) is 11.6. The van der Waals surface area contributed by atoms with Crippen LogP contribution in [-0.4, -0.2) is 36.4 Å². The van der Waals surface area contributed by atoms with Crippen molar-refractivity contribution < 1.29 is 24.2 Å². The largest absolute Gasteiger partial charge is 0.462 e. The molecule has 0 unspecified atom stereocenters. The normalized spacial score (nSPS) is 12.2. The number of carbonyl (C=O) groups is 2. The van der Waals surface area contributed by atoms with Crippen LogP contribution >= 0.6 is 0 Å². The minimum Gasteiger partial charge on any atom is -0.462 e. The molecule has 0 rings (SSSR count).